The molecule has 0 aliphatic rings. The minimum atomic E-state index is 0.0835. The number of aryl methyl sites for hydroxylation is 2. The summed E-state index contributed by atoms with van der Waals surface area (Å²) in [6.45, 7) is 6.74. The molecule has 0 spiro atoms. The SMILES string of the molecule is CCOc1ccc(C)cc1C(NC)c1ccoc1C. The van der Waals surface area contributed by atoms with Crippen molar-refractivity contribution in [3.05, 3.63) is 53.0 Å². The third kappa shape index (κ3) is 2.82. The Balaban J connectivity index is 2.48. The van der Waals surface area contributed by atoms with Crippen LogP contribution in [0, 0.1) is 13.8 Å². The quantitative estimate of drug-likeness (QED) is 0.890. The Bertz CT molecular complexity index is 545. The van der Waals surface area contributed by atoms with E-state index in [1.54, 1.807) is 6.26 Å². The zero-order chi connectivity index (χ0) is 13.8. The van der Waals surface area contributed by atoms with Crippen LogP contribution in [0.1, 0.15) is 35.4 Å². The Morgan fingerprint density at radius 3 is 2.58 bits per heavy atom. The first-order valence-corrected chi connectivity index (χ1v) is 6.62. The van der Waals surface area contributed by atoms with Gasteiger partial charge in [-0.1, -0.05) is 17.7 Å². The summed E-state index contributed by atoms with van der Waals surface area (Å²) in [5.74, 6) is 1.86. The van der Waals surface area contributed by atoms with Crippen LogP contribution in [0.2, 0.25) is 0 Å². The molecule has 19 heavy (non-hydrogen) atoms. The fourth-order valence-corrected chi connectivity index (χ4v) is 2.35. The Hall–Kier alpha value is -1.74. The molecule has 2 aromatic rings. The molecule has 0 fully saturated rings. The standard InChI is InChI=1S/C16H21NO2/c1-5-18-15-7-6-11(2)10-14(15)16(17-4)13-8-9-19-12(13)3/h6-10,16-17H,5H2,1-4H3. The molecule has 1 aromatic carbocycles. The summed E-state index contributed by atoms with van der Waals surface area (Å²) in [5.41, 5.74) is 3.52. The van der Waals surface area contributed by atoms with Crippen molar-refractivity contribution < 1.29 is 9.15 Å². The van der Waals surface area contributed by atoms with E-state index >= 15 is 0 Å². The van der Waals surface area contributed by atoms with Crippen molar-refractivity contribution in [1.82, 2.24) is 5.32 Å². The van der Waals surface area contributed by atoms with E-state index in [9.17, 15) is 0 Å². The second kappa shape index (κ2) is 5.93. The van der Waals surface area contributed by atoms with Gasteiger partial charge in [0.2, 0.25) is 0 Å². The Kier molecular flexibility index (Phi) is 4.27. The van der Waals surface area contributed by atoms with Gasteiger partial charge in [0.1, 0.15) is 11.5 Å². The van der Waals surface area contributed by atoms with Crippen LogP contribution in [0.15, 0.2) is 34.9 Å². The van der Waals surface area contributed by atoms with Crippen LogP contribution < -0.4 is 10.1 Å². The first-order chi connectivity index (χ1) is 9.17. The zero-order valence-corrected chi connectivity index (χ0v) is 12.0. The lowest BCUT2D eigenvalue weighted by Gasteiger charge is -2.20. The number of hydrogen-bond acceptors (Lipinski definition) is 3. The fraction of sp³-hybridized carbons (Fsp3) is 0.375. The molecule has 1 atom stereocenters. The van der Waals surface area contributed by atoms with Crippen molar-refractivity contribution in [3.63, 3.8) is 0 Å². The van der Waals surface area contributed by atoms with E-state index in [2.05, 4.69) is 24.4 Å². The van der Waals surface area contributed by atoms with E-state index in [1.807, 2.05) is 33.0 Å². The molecular weight excluding hydrogens is 238 g/mol. The van der Waals surface area contributed by atoms with Crippen molar-refractivity contribution in [3.8, 4) is 5.75 Å². The molecule has 3 nitrogen and oxygen atoms in total. The maximum absolute atomic E-state index is 5.74. The van der Waals surface area contributed by atoms with Crippen LogP contribution >= 0.6 is 0 Å². The van der Waals surface area contributed by atoms with Crippen molar-refractivity contribution in [1.29, 1.82) is 0 Å². The molecule has 0 saturated carbocycles. The van der Waals surface area contributed by atoms with Gasteiger partial charge in [-0.2, -0.15) is 0 Å². The number of hydrogen-bond donors (Lipinski definition) is 1. The highest BCUT2D eigenvalue weighted by Gasteiger charge is 2.20. The Labute approximate surface area is 114 Å². The van der Waals surface area contributed by atoms with Gasteiger partial charge in [0, 0.05) is 11.1 Å². The summed E-state index contributed by atoms with van der Waals surface area (Å²) in [7, 11) is 1.95. The van der Waals surface area contributed by atoms with E-state index < -0.39 is 0 Å². The smallest absolute Gasteiger partial charge is 0.124 e. The predicted octanol–water partition coefficient (Wildman–Crippen LogP) is 3.60. The molecule has 2 rings (SSSR count). The number of rotatable bonds is 5. The van der Waals surface area contributed by atoms with Gasteiger partial charge in [-0.3, -0.25) is 0 Å². The van der Waals surface area contributed by atoms with Crippen molar-refractivity contribution in [2.24, 2.45) is 0 Å². The zero-order valence-electron chi connectivity index (χ0n) is 12.0. The lowest BCUT2D eigenvalue weighted by Crippen LogP contribution is -2.19. The largest absolute Gasteiger partial charge is 0.494 e. The Morgan fingerprint density at radius 1 is 1.21 bits per heavy atom. The summed E-state index contributed by atoms with van der Waals surface area (Å²) in [6.07, 6.45) is 1.73. The molecular formula is C16H21NO2. The van der Waals surface area contributed by atoms with Gasteiger partial charge in [-0.15, -0.1) is 0 Å². The maximum atomic E-state index is 5.74. The molecule has 0 bridgehead atoms. The van der Waals surface area contributed by atoms with Crippen LogP contribution in [0.5, 0.6) is 5.75 Å². The van der Waals surface area contributed by atoms with Crippen LogP contribution in [-0.4, -0.2) is 13.7 Å². The van der Waals surface area contributed by atoms with E-state index in [1.165, 1.54) is 5.56 Å². The van der Waals surface area contributed by atoms with Crippen molar-refractivity contribution in [2.75, 3.05) is 13.7 Å². The fourth-order valence-electron chi connectivity index (χ4n) is 2.35. The summed E-state index contributed by atoms with van der Waals surface area (Å²) in [4.78, 5) is 0. The highest BCUT2D eigenvalue weighted by molar-refractivity contribution is 5.44. The molecule has 0 radical (unpaired) electrons. The Morgan fingerprint density at radius 2 is 2.00 bits per heavy atom. The first-order valence-electron chi connectivity index (χ1n) is 6.62. The third-order valence-electron chi connectivity index (χ3n) is 3.27. The molecule has 102 valence electrons. The minimum Gasteiger partial charge on any atom is -0.494 e. The summed E-state index contributed by atoms with van der Waals surface area (Å²) in [6, 6.07) is 8.37. The lowest BCUT2D eigenvalue weighted by atomic mass is 9.97. The van der Waals surface area contributed by atoms with Gasteiger partial charge in [0.05, 0.1) is 18.9 Å². The molecule has 0 saturated heterocycles. The highest BCUT2D eigenvalue weighted by atomic mass is 16.5. The van der Waals surface area contributed by atoms with Gasteiger partial charge in [-0.05, 0) is 40.0 Å². The van der Waals surface area contributed by atoms with Gasteiger partial charge < -0.3 is 14.5 Å². The van der Waals surface area contributed by atoms with Crippen LogP contribution in [0.3, 0.4) is 0 Å². The molecule has 0 aliphatic heterocycles. The molecule has 0 amide bonds. The molecule has 1 unspecified atom stereocenters. The highest BCUT2D eigenvalue weighted by Crippen LogP contribution is 2.32. The summed E-state index contributed by atoms with van der Waals surface area (Å²) in [5, 5.41) is 3.35. The second-order valence-corrected chi connectivity index (χ2v) is 4.63. The number of benzene rings is 1. The van der Waals surface area contributed by atoms with Crippen LogP contribution in [-0.2, 0) is 0 Å². The molecule has 0 aliphatic carbocycles. The first kappa shape index (κ1) is 13.7. The van der Waals surface area contributed by atoms with Gasteiger partial charge in [-0.25, -0.2) is 0 Å². The van der Waals surface area contributed by atoms with Crippen LogP contribution in [0.25, 0.3) is 0 Å². The minimum absolute atomic E-state index is 0.0835. The van der Waals surface area contributed by atoms with Gasteiger partial charge in [0.25, 0.3) is 0 Å². The average Bonchev–Trinajstić information content (AvgIpc) is 2.80. The van der Waals surface area contributed by atoms with Gasteiger partial charge in [0.15, 0.2) is 0 Å². The van der Waals surface area contributed by atoms with E-state index in [0.29, 0.717) is 6.61 Å². The van der Waals surface area contributed by atoms with Crippen LogP contribution in [0.4, 0.5) is 0 Å². The predicted molar refractivity (Wildman–Crippen MR) is 76.7 cm³/mol. The summed E-state index contributed by atoms with van der Waals surface area (Å²) >= 11 is 0. The third-order valence-corrected chi connectivity index (χ3v) is 3.27. The number of nitrogens with one attached hydrogen (secondary N) is 1. The molecule has 3 heteroatoms. The normalized spacial score (nSPS) is 12.4. The molecule has 1 heterocycles. The van der Waals surface area contributed by atoms with Crippen molar-refractivity contribution >= 4 is 0 Å². The maximum Gasteiger partial charge on any atom is 0.124 e. The summed E-state index contributed by atoms with van der Waals surface area (Å²) < 4.78 is 11.2. The topological polar surface area (TPSA) is 34.4 Å². The van der Waals surface area contributed by atoms with E-state index in [4.69, 9.17) is 9.15 Å². The lowest BCUT2D eigenvalue weighted by molar-refractivity contribution is 0.334. The molecule has 1 aromatic heterocycles. The van der Waals surface area contributed by atoms with E-state index in [0.717, 1.165) is 22.6 Å². The second-order valence-electron chi connectivity index (χ2n) is 4.63. The molecule has 1 N–H and O–H groups in total. The van der Waals surface area contributed by atoms with Gasteiger partial charge >= 0.3 is 0 Å². The monoisotopic (exact) mass is 259 g/mol. The number of ether oxygens (including phenoxy) is 1. The number of furan rings is 1. The average molecular weight is 259 g/mol. The van der Waals surface area contributed by atoms with E-state index in [-0.39, 0.29) is 6.04 Å². The van der Waals surface area contributed by atoms with Crippen molar-refractivity contribution in [2.45, 2.75) is 26.8 Å².